The highest BCUT2D eigenvalue weighted by molar-refractivity contribution is 7.15. The van der Waals surface area contributed by atoms with Crippen LogP contribution in [0, 0.1) is 6.92 Å². The molecule has 2 amide bonds. The normalized spacial score (nSPS) is 13.7. The molecule has 0 radical (unpaired) electrons. The number of thiophene rings is 1. The number of nitrogens with zero attached hydrogens (tertiary/aromatic N) is 2. The van der Waals surface area contributed by atoms with E-state index in [1.807, 2.05) is 18.7 Å². The highest BCUT2D eigenvalue weighted by atomic mass is 32.1. The zero-order valence-electron chi connectivity index (χ0n) is 13.9. The lowest BCUT2D eigenvalue weighted by Crippen LogP contribution is -2.35. The Kier molecular flexibility index (Phi) is 5.30. The zero-order chi connectivity index (χ0) is 17.1. The predicted octanol–water partition coefficient (Wildman–Crippen LogP) is 3.38. The summed E-state index contributed by atoms with van der Waals surface area (Å²) < 4.78 is 0. The van der Waals surface area contributed by atoms with Crippen molar-refractivity contribution in [3.05, 3.63) is 32.5 Å². The minimum absolute atomic E-state index is 0.0477. The van der Waals surface area contributed by atoms with Crippen LogP contribution in [0.25, 0.3) is 0 Å². The van der Waals surface area contributed by atoms with Crippen LogP contribution in [-0.2, 0) is 29.0 Å². The third-order valence-electron chi connectivity index (χ3n) is 4.20. The quantitative estimate of drug-likeness (QED) is 0.886. The van der Waals surface area contributed by atoms with Crippen LogP contribution in [-0.4, -0.2) is 28.2 Å². The molecule has 5 nitrogen and oxygen atoms in total. The molecule has 0 fully saturated rings. The van der Waals surface area contributed by atoms with Gasteiger partial charge in [0.05, 0.1) is 5.69 Å². The summed E-state index contributed by atoms with van der Waals surface area (Å²) in [4.78, 5) is 33.1. The first-order valence-electron chi connectivity index (χ1n) is 8.16. The van der Waals surface area contributed by atoms with Gasteiger partial charge in [-0.25, -0.2) is 4.98 Å². The topological polar surface area (TPSA) is 62.3 Å². The van der Waals surface area contributed by atoms with Gasteiger partial charge in [0.15, 0.2) is 5.13 Å². The maximum atomic E-state index is 12.3. The fourth-order valence-corrected chi connectivity index (χ4v) is 4.64. The summed E-state index contributed by atoms with van der Waals surface area (Å²) in [6, 6.07) is 2.09. The average molecular weight is 364 g/mol. The van der Waals surface area contributed by atoms with Gasteiger partial charge in [0.2, 0.25) is 11.8 Å². The van der Waals surface area contributed by atoms with Crippen molar-refractivity contribution in [3.63, 3.8) is 0 Å². The van der Waals surface area contributed by atoms with Gasteiger partial charge in [-0.3, -0.25) is 9.59 Å². The van der Waals surface area contributed by atoms with E-state index in [1.54, 1.807) is 11.3 Å². The van der Waals surface area contributed by atoms with Crippen molar-refractivity contribution < 1.29 is 9.59 Å². The van der Waals surface area contributed by atoms with Crippen LogP contribution >= 0.6 is 22.7 Å². The van der Waals surface area contributed by atoms with Crippen LogP contribution < -0.4 is 5.32 Å². The number of carbonyl (C=O) groups is 2. The molecule has 2 aromatic rings. The lowest BCUT2D eigenvalue weighted by Gasteiger charge is -2.27. The number of carbonyl (C=O) groups excluding carboxylic acids is 2. The van der Waals surface area contributed by atoms with Crippen molar-refractivity contribution in [1.82, 2.24) is 9.88 Å². The van der Waals surface area contributed by atoms with E-state index in [0.717, 1.165) is 30.0 Å². The Balaban J connectivity index is 1.48. The molecule has 0 saturated heterocycles. The van der Waals surface area contributed by atoms with E-state index in [0.29, 0.717) is 11.7 Å². The summed E-state index contributed by atoms with van der Waals surface area (Å²) in [6.07, 6.45) is 2.22. The van der Waals surface area contributed by atoms with Gasteiger partial charge in [-0.05, 0) is 36.8 Å². The zero-order valence-corrected chi connectivity index (χ0v) is 15.6. The van der Waals surface area contributed by atoms with Crippen LogP contribution in [0.3, 0.4) is 0 Å². The maximum absolute atomic E-state index is 12.3. The number of aromatic nitrogens is 1. The standard InChI is InChI=1S/C17H21N3O2S2/c1-3-13-11(2)24-17(18-13)19-15(21)4-5-16(22)20-8-6-14-12(10-20)7-9-23-14/h7,9H,3-6,8,10H2,1-2H3,(H,18,19,21). The molecule has 0 aromatic carbocycles. The molecule has 1 aliphatic rings. The van der Waals surface area contributed by atoms with E-state index in [9.17, 15) is 9.59 Å². The van der Waals surface area contributed by atoms with Crippen LogP contribution in [0.4, 0.5) is 5.13 Å². The van der Waals surface area contributed by atoms with Gasteiger partial charge in [-0.2, -0.15) is 0 Å². The summed E-state index contributed by atoms with van der Waals surface area (Å²) in [7, 11) is 0. The van der Waals surface area contributed by atoms with Crippen molar-refractivity contribution in [2.75, 3.05) is 11.9 Å². The Morgan fingerprint density at radius 3 is 2.96 bits per heavy atom. The molecule has 3 rings (SSSR count). The monoisotopic (exact) mass is 363 g/mol. The number of rotatable bonds is 5. The SMILES string of the molecule is CCc1nc(NC(=O)CCC(=O)N2CCc3sccc3C2)sc1C. The Bertz CT molecular complexity index is 751. The molecule has 7 heteroatoms. The van der Waals surface area contributed by atoms with Crippen molar-refractivity contribution in [3.8, 4) is 0 Å². The number of fused-ring (bicyclic) bond motifs is 1. The summed E-state index contributed by atoms with van der Waals surface area (Å²) in [6.45, 7) is 5.47. The van der Waals surface area contributed by atoms with E-state index in [1.165, 1.54) is 21.8 Å². The second-order valence-electron chi connectivity index (χ2n) is 5.86. The van der Waals surface area contributed by atoms with Crippen molar-refractivity contribution in [2.24, 2.45) is 0 Å². The van der Waals surface area contributed by atoms with Crippen molar-refractivity contribution in [1.29, 1.82) is 0 Å². The number of aryl methyl sites for hydroxylation is 2. The summed E-state index contributed by atoms with van der Waals surface area (Å²) in [5.74, 6) is -0.0976. The highest BCUT2D eigenvalue weighted by Gasteiger charge is 2.22. The highest BCUT2D eigenvalue weighted by Crippen LogP contribution is 2.25. The predicted molar refractivity (Wildman–Crippen MR) is 97.5 cm³/mol. The third kappa shape index (κ3) is 3.84. The molecule has 2 aromatic heterocycles. The first kappa shape index (κ1) is 17.1. The summed E-state index contributed by atoms with van der Waals surface area (Å²) in [5.41, 5.74) is 2.26. The van der Waals surface area contributed by atoms with Gasteiger partial charge < -0.3 is 10.2 Å². The van der Waals surface area contributed by atoms with Gasteiger partial charge in [-0.1, -0.05) is 6.92 Å². The third-order valence-corrected chi connectivity index (χ3v) is 6.15. The lowest BCUT2D eigenvalue weighted by atomic mass is 10.1. The smallest absolute Gasteiger partial charge is 0.226 e. The molecule has 0 aliphatic carbocycles. The lowest BCUT2D eigenvalue weighted by molar-refractivity contribution is -0.133. The molecular weight excluding hydrogens is 342 g/mol. The molecule has 1 aliphatic heterocycles. The number of amides is 2. The molecule has 0 bridgehead atoms. The number of nitrogens with one attached hydrogen (secondary N) is 1. The van der Waals surface area contributed by atoms with Crippen LogP contribution in [0.1, 0.15) is 40.8 Å². The fraction of sp³-hybridized carbons (Fsp3) is 0.471. The molecule has 1 N–H and O–H groups in total. The van der Waals surface area contributed by atoms with Crippen molar-refractivity contribution >= 4 is 39.6 Å². The van der Waals surface area contributed by atoms with Crippen LogP contribution in [0.15, 0.2) is 11.4 Å². The van der Waals surface area contributed by atoms with Crippen LogP contribution in [0.2, 0.25) is 0 Å². The first-order chi connectivity index (χ1) is 11.6. The van der Waals surface area contributed by atoms with E-state index in [-0.39, 0.29) is 24.7 Å². The first-order valence-corrected chi connectivity index (χ1v) is 9.85. The van der Waals surface area contributed by atoms with E-state index in [4.69, 9.17) is 0 Å². The van der Waals surface area contributed by atoms with E-state index < -0.39 is 0 Å². The van der Waals surface area contributed by atoms with Gasteiger partial charge in [-0.15, -0.1) is 22.7 Å². The van der Waals surface area contributed by atoms with Gasteiger partial charge in [0, 0.05) is 35.7 Å². The Hall–Kier alpha value is -1.73. The number of thiazole rings is 1. The Labute approximate surface area is 149 Å². The second kappa shape index (κ2) is 7.44. The largest absolute Gasteiger partial charge is 0.338 e. The minimum atomic E-state index is -0.145. The molecule has 0 atom stereocenters. The minimum Gasteiger partial charge on any atom is -0.338 e. The van der Waals surface area contributed by atoms with E-state index >= 15 is 0 Å². The molecule has 24 heavy (non-hydrogen) atoms. The summed E-state index contributed by atoms with van der Waals surface area (Å²) in [5, 5.41) is 5.51. The van der Waals surface area contributed by atoms with Crippen molar-refractivity contribution in [2.45, 2.75) is 46.1 Å². The molecule has 0 spiro atoms. The van der Waals surface area contributed by atoms with E-state index in [2.05, 4.69) is 21.7 Å². The second-order valence-corrected chi connectivity index (χ2v) is 8.06. The average Bonchev–Trinajstić information content (AvgIpc) is 3.17. The number of anilines is 1. The molecular formula is C17H21N3O2S2. The van der Waals surface area contributed by atoms with Gasteiger partial charge in [0.25, 0.3) is 0 Å². The van der Waals surface area contributed by atoms with Gasteiger partial charge in [0.1, 0.15) is 0 Å². The van der Waals surface area contributed by atoms with Crippen LogP contribution in [0.5, 0.6) is 0 Å². The molecule has 0 unspecified atom stereocenters. The Morgan fingerprint density at radius 2 is 2.21 bits per heavy atom. The molecule has 3 heterocycles. The van der Waals surface area contributed by atoms with Gasteiger partial charge >= 0.3 is 0 Å². The molecule has 0 saturated carbocycles. The fourth-order valence-electron chi connectivity index (χ4n) is 2.83. The molecule has 128 valence electrons. The summed E-state index contributed by atoms with van der Waals surface area (Å²) >= 11 is 3.24. The number of hydrogen-bond donors (Lipinski definition) is 1. The maximum Gasteiger partial charge on any atom is 0.226 e. The Morgan fingerprint density at radius 1 is 1.38 bits per heavy atom. The number of hydrogen-bond acceptors (Lipinski definition) is 5.